The summed E-state index contributed by atoms with van der Waals surface area (Å²) < 4.78 is 2.06. The molecule has 0 bridgehead atoms. The number of rotatable bonds is 6. The fourth-order valence-electron chi connectivity index (χ4n) is 2.55. The number of benzene rings is 1. The largest absolute Gasteiger partial charge is 0.310 e. The fraction of sp³-hybridized carbons (Fsp3) is 0.500. The lowest BCUT2D eigenvalue weighted by Gasteiger charge is -2.07. The Morgan fingerprint density at radius 2 is 1.95 bits per heavy atom. The van der Waals surface area contributed by atoms with Crippen molar-refractivity contribution < 1.29 is 0 Å². The van der Waals surface area contributed by atoms with Gasteiger partial charge in [0.2, 0.25) is 0 Å². The molecule has 2 aromatic rings. The maximum atomic E-state index is 4.64. The molecule has 0 radical (unpaired) electrons. The van der Waals surface area contributed by atoms with Crippen LogP contribution in [-0.2, 0) is 13.1 Å². The Labute approximate surface area is 127 Å². The van der Waals surface area contributed by atoms with Crippen LogP contribution in [-0.4, -0.2) is 15.8 Å². The molecule has 3 heteroatoms. The van der Waals surface area contributed by atoms with Crippen LogP contribution < -0.4 is 5.32 Å². The number of aromatic nitrogens is 2. The Morgan fingerprint density at radius 1 is 1.24 bits per heavy atom. The summed E-state index contributed by atoms with van der Waals surface area (Å²) in [7, 11) is 0. The maximum Gasteiger partial charge on any atom is 0.0659 e. The molecule has 1 aromatic heterocycles. The molecule has 0 saturated heterocycles. The number of nitrogens with one attached hydrogen (secondary N) is 1. The zero-order valence-electron chi connectivity index (χ0n) is 13.3. The highest BCUT2D eigenvalue weighted by Crippen LogP contribution is 2.20. The molecule has 0 amide bonds. The molecule has 21 heavy (non-hydrogen) atoms. The average molecular weight is 283 g/mol. The molecular weight excluding hydrogens is 258 g/mol. The van der Waals surface area contributed by atoms with E-state index in [2.05, 4.69) is 66.3 Å². The first-order chi connectivity index (χ1) is 10.1. The molecule has 3 nitrogen and oxygen atoms in total. The summed E-state index contributed by atoms with van der Waals surface area (Å²) in [6.45, 7) is 8.35. The monoisotopic (exact) mass is 283 g/mol. The van der Waals surface area contributed by atoms with Crippen LogP contribution in [0.2, 0.25) is 0 Å². The number of nitrogens with zero attached hydrogens (tertiary/aromatic N) is 2. The second-order valence-electron chi connectivity index (χ2n) is 6.49. The third-order valence-corrected chi connectivity index (χ3v) is 4.20. The molecule has 1 fully saturated rings. The van der Waals surface area contributed by atoms with E-state index >= 15 is 0 Å². The van der Waals surface area contributed by atoms with Crippen molar-refractivity contribution in [3.05, 3.63) is 52.8 Å². The summed E-state index contributed by atoms with van der Waals surface area (Å²) in [4.78, 5) is 0. The summed E-state index contributed by atoms with van der Waals surface area (Å²) >= 11 is 0. The molecule has 0 unspecified atom stereocenters. The molecule has 0 atom stereocenters. The third kappa shape index (κ3) is 3.73. The Balaban J connectivity index is 1.64. The highest BCUT2D eigenvalue weighted by Gasteiger charge is 2.20. The molecule has 1 aromatic carbocycles. The van der Waals surface area contributed by atoms with Crippen molar-refractivity contribution >= 4 is 0 Å². The van der Waals surface area contributed by atoms with E-state index in [-0.39, 0.29) is 0 Å². The molecule has 0 spiro atoms. The Bertz CT molecular complexity index is 591. The summed E-state index contributed by atoms with van der Waals surface area (Å²) in [5, 5.41) is 8.20. The lowest BCUT2D eigenvalue weighted by Crippen LogP contribution is -2.15. The zero-order valence-corrected chi connectivity index (χ0v) is 13.3. The van der Waals surface area contributed by atoms with Crippen molar-refractivity contribution in [3.8, 4) is 0 Å². The van der Waals surface area contributed by atoms with Crippen LogP contribution in [0.25, 0.3) is 0 Å². The van der Waals surface area contributed by atoms with Gasteiger partial charge in [0.25, 0.3) is 0 Å². The molecule has 1 aliphatic carbocycles. The van der Waals surface area contributed by atoms with Crippen LogP contribution in [0, 0.1) is 6.92 Å². The van der Waals surface area contributed by atoms with Crippen molar-refractivity contribution in [2.75, 3.05) is 0 Å². The summed E-state index contributed by atoms with van der Waals surface area (Å²) in [6, 6.07) is 9.64. The first-order valence-corrected chi connectivity index (χ1v) is 7.97. The zero-order chi connectivity index (χ0) is 14.8. The minimum Gasteiger partial charge on any atom is -0.310 e. The molecule has 1 aliphatic rings. The normalized spacial score (nSPS) is 14.9. The van der Waals surface area contributed by atoms with Crippen LogP contribution in [0.1, 0.15) is 55.0 Å². The first-order valence-electron chi connectivity index (χ1n) is 7.97. The van der Waals surface area contributed by atoms with E-state index in [9.17, 15) is 0 Å². The Kier molecular flexibility index (Phi) is 4.11. The van der Waals surface area contributed by atoms with Crippen LogP contribution in [0.15, 0.2) is 30.5 Å². The van der Waals surface area contributed by atoms with Crippen molar-refractivity contribution in [2.24, 2.45) is 0 Å². The van der Waals surface area contributed by atoms with Crippen LogP contribution >= 0.6 is 0 Å². The van der Waals surface area contributed by atoms with Gasteiger partial charge < -0.3 is 5.32 Å². The molecule has 0 aliphatic heterocycles. The number of hydrogen-bond donors (Lipinski definition) is 1. The van der Waals surface area contributed by atoms with Gasteiger partial charge in [0, 0.05) is 24.3 Å². The number of aryl methyl sites for hydroxylation is 1. The van der Waals surface area contributed by atoms with Gasteiger partial charge in [-0.15, -0.1) is 0 Å². The molecule has 112 valence electrons. The van der Waals surface area contributed by atoms with Crippen LogP contribution in [0.5, 0.6) is 0 Å². The van der Waals surface area contributed by atoms with Gasteiger partial charge in [0.15, 0.2) is 0 Å². The van der Waals surface area contributed by atoms with Gasteiger partial charge in [-0.25, -0.2) is 0 Å². The molecule has 1 N–H and O–H groups in total. The lowest BCUT2D eigenvalue weighted by molar-refractivity contribution is 0.673. The second kappa shape index (κ2) is 6.02. The predicted molar refractivity (Wildman–Crippen MR) is 86.5 cm³/mol. The van der Waals surface area contributed by atoms with Gasteiger partial charge in [0.1, 0.15) is 0 Å². The topological polar surface area (TPSA) is 29.9 Å². The third-order valence-electron chi connectivity index (χ3n) is 4.20. The van der Waals surface area contributed by atoms with Gasteiger partial charge in [0.05, 0.1) is 12.2 Å². The fourth-order valence-corrected chi connectivity index (χ4v) is 2.55. The molecule has 1 heterocycles. The summed E-state index contributed by atoms with van der Waals surface area (Å²) in [6.07, 6.45) is 4.84. The quantitative estimate of drug-likeness (QED) is 0.877. The van der Waals surface area contributed by atoms with E-state index in [4.69, 9.17) is 0 Å². The van der Waals surface area contributed by atoms with Crippen LogP contribution in [0.3, 0.4) is 0 Å². The highest BCUT2D eigenvalue weighted by molar-refractivity contribution is 5.25. The van der Waals surface area contributed by atoms with Gasteiger partial charge in [-0.05, 0) is 36.8 Å². The van der Waals surface area contributed by atoms with Gasteiger partial charge in [-0.3, -0.25) is 4.68 Å². The number of hydrogen-bond acceptors (Lipinski definition) is 2. The maximum absolute atomic E-state index is 4.64. The molecule has 1 saturated carbocycles. The summed E-state index contributed by atoms with van der Waals surface area (Å²) in [5.41, 5.74) is 5.16. The minimum atomic E-state index is 0.589. The smallest absolute Gasteiger partial charge is 0.0659 e. The standard InChI is InChI=1S/C18H25N3/c1-13(2)16-6-4-15(5-7-16)11-21-12-17(14(3)20-21)10-19-18-8-9-18/h4-7,12-13,18-19H,8-11H2,1-3H3. The Morgan fingerprint density at radius 3 is 2.57 bits per heavy atom. The van der Waals surface area contributed by atoms with E-state index in [1.807, 2.05) is 0 Å². The predicted octanol–water partition coefficient (Wildman–Crippen LogP) is 3.62. The van der Waals surface area contributed by atoms with Crippen molar-refractivity contribution in [1.82, 2.24) is 15.1 Å². The SMILES string of the molecule is Cc1nn(Cc2ccc(C(C)C)cc2)cc1CNC1CC1. The van der Waals surface area contributed by atoms with Crippen molar-refractivity contribution in [2.45, 2.75) is 58.7 Å². The lowest BCUT2D eigenvalue weighted by atomic mass is 10.0. The van der Waals surface area contributed by atoms with E-state index < -0.39 is 0 Å². The summed E-state index contributed by atoms with van der Waals surface area (Å²) in [5.74, 6) is 0.589. The van der Waals surface area contributed by atoms with E-state index in [1.165, 1.54) is 29.5 Å². The molecular formula is C18H25N3. The minimum absolute atomic E-state index is 0.589. The Hall–Kier alpha value is -1.61. The van der Waals surface area contributed by atoms with Gasteiger partial charge in [-0.2, -0.15) is 5.10 Å². The first kappa shape index (κ1) is 14.3. The van der Waals surface area contributed by atoms with Crippen molar-refractivity contribution in [3.63, 3.8) is 0 Å². The van der Waals surface area contributed by atoms with Gasteiger partial charge in [-0.1, -0.05) is 38.1 Å². The van der Waals surface area contributed by atoms with E-state index in [0.29, 0.717) is 5.92 Å². The average Bonchev–Trinajstić information content (AvgIpc) is 3.22. The van der Waals surface area contributed by atoms with E-state index in [1.54, 1.807) is 0 Å². The second-order valence-corrected chi connectivity index (χ2v) is 6.49. The molecule has 3 rings (SSSR count). The van der Waals surface area contributed by atoms with Gasteiger partial charge >= 0.3 is 0 Å². The van der Waals surface area contributed by atoms with E-state index in [0.717, 1.165) is 24.8 Å². The highest BCUT2D eigenvalue weighted by atomic mass is 15.3. The van der Waals surface area contributed by atoms with Crippen molar-refractivity contribution in [1.29, 1.82) is 0 Å². The van der Waals surface area contributed by atoms with Crippen LogP contribution in [0.4, 0.5) is 0 Å².